The molecule has 25 heavy (non-hydrogen) atoms. The Morgan fingerprint density at radius 3 is 2.28 bits per heavy atom. The minimum absolute atomic E-state index is 0.208. The van der Waals surface area contributed by atoms with E-state index in [-0.39, 0.29) is 11.2 Å². The number of carbonyl (C=O) groups is 1. The van der Waals surface area contributed by atoms with Gasteiger partial charge < -0.3 is 14.8 Å². The molecule has 0 saturated carbocycles. The smallest absolute Gasteiger partial charge is 0.237 e. The van der Waals surface area contributed by atoms with Gasteiger partial charge in [0, 0.05) is 4.90 Å². The molecule has 0 aliphatic carbocycles. The molecule has 8 heteroatoms. The van der Waals surface area contributed by atoms with Gasteiger partial charge in [0.15, 0.2) is 11.5 Å². The third kappa shape index (κ3) is 5.11. The van der Waals surface area contributed by atoms with Crippen LogP contribution in [0.15, 0.2) is 35.2 Å². The monoisotopic (exact) mass is 419 g/mol. The second-order valence-electron chi connectivity index (χ2n) is 5.01. The topological polar surface area (TPSA) is 47.6 Å². The minimum Gasteiger partial charge on any atom is -0.493 e. The molecular formula is C17H16Cl3NO3S. The lowest BCUT2D eigenvalue weighted by Crippen LogP contribution is -2.22. The number of halogens is 3. The third-order valence-electron chi connectivity index (χ3n) is 3.30. The van der Waals surface area contributed by atoms with Crippen LogP contribution in [0, 0.1) is 0 Å². The fourth-order valence-electron chi connectivity index (χ4n) is 2.00. The molecule has 1 N–H and O–H groups in total. The molecule has 0 saturated heterocycles. The lowest BCUT2D eigenvalue weighted by molar-refractivity contribution is -0.115. The van der Waals surface area contributed by atoms with E-state index in [1.54, 1.807) is 27.2 Å². The van der Waals surface area contributed by atoms with Crippen molar-refractivity contribution < 1.29 is 14.3 Å². The zero-order valence-electron chi connectivity index (χ0n) is 13.7. The van der Waals surface area contributed by atoms with E-state index in [1.807, 2.05) is 12.1 Å². The second kappa shape index (κ2) is 8.90. The largest absolute Gasteiger partial charge is 0.493 e. The Kier molecular flexibility index (Phi) is 7.14. The fourth-order valence-corrected chi connectivity index (χ4v) is 3.49. The van der Waals surface area contributed by atoms with Gasteiger partial charge in [0.25, 0.3) is 0 Å². The summed E-state index contributed by atoms with van der Waals surface area (Å²) >= 11 is 19.3. The van der Waals surface area contributed by atoms with Crippen LogP contribution in [0.3, 0.4) is 0 Å². The quantitative estimate of drug-likeness (QED) is 0.475. The van der Waals surface area contributed by atoms with Gasteiger partial charge in [0.2, 0.25) is 5.91 Å². The summed E-state index contributed by atoms with van der Waals surface area (Å²) in [5.41, 5.74) is 0.417. The first-order valence-electron chi connectivity index (χ1n) is 7.19. The molecular weight excluding hydrogens is 405 g/mol. The average Bonchev–Trinajstić information content (AvgIpc) is 2.59. The average molecular weight is 421 g/mol. The van der Waals surface area contributed by atoms with Gasteiger partial charge in [0.1, 0.15) is 0 Å². The van der Waals surface area contributed by atoms with Gasteiger partial charge in [-0.15, -0.1) is 11.8 Å². The van der Waals surface area contributed by atoms with Crippen LogP contribution in [-0.4, -0.2) is 25.4 Å². The van der Waals surface area contributed by atoms with Crippen LogP contribution in [-0.2, 0) is 4.79 Å². The molecule has 2 aromatic carbocycles. The van der Waals surface area contributed by atoms with Crippen LogP contribution in [0.1, 0.15) is 6.92 Å². The maximum Gasteiger partial charge on any atom is 0.237 e. The normalized spacial score (nSPS) is 11.8. The standard InChI is InChI=1S/C17H16Cl3NO3S/c1-9(25-10-4-5-15(23-2)16(6-10)24-3)17(22)21-14-8-12(19)11(18)7-13(14)20/h4-9H,1-3H3,(H,21,22)/t9-/m0/s1. The molecule has 0 bridgehead atoms. The van der Waals surface area contributed by atoms with Gasteiger partial charge in [-0.1, -0.05) is 34.8 Å². The lowest BCUT2D eigenvalue weighted by atomic mass is 10.3. The number of anilines is 1. The Morgan fingerprint density at radius 1 is 1.00 bits per heavy atom. The number of methoxy groups -OCH3 is 2. The highest BCUT2D eigenvalue weighted by Crippen LogP contribution is 2.35. The Bertz CT molecular complexity index is 786. The molecule has 0 radical (unpaired) electrons. The van der Waals surface area contributed by atoms with Gasteiger partial charge in [-0.3, -0.25) is 4.79 Å². The predicted molar refractivity (Wildman–Crippen MR) is 105 cm³/mol. The van der Waals surface area contributed by atoms with Crippen LogP contribution in [0.4, 0.5) is 5.69 Å². The summed E-state index contributed by atoms with van der Waals surface area (Å²) in [5.74, 6) is 1.03. The summed E-state index contributed by atoms with van der Waals surface area (Å²) in [4.78, 5) is 13.3. The van der Waals surface area contributed by atoms with Gasteiger partial charge in [-0.2, -0.15) is 0 Å². The highest BCUT2D eigenvalue weighted by atomic mass is 35.5. The van der Waals surface area contributed by atoms with Crippen LogP contribution in [0.5, 0.6) is 11.5 Å². The van der Waals surface area contributed by atoms with Crippen molar-refractivity contribution >= 4 is 58.2 Å². The third-order valence-corrected chi connectivity index (χ3v) is 5.43. The lowest BCUT2D eigenvalue weighted by Gasteiger charge is -2.15. The molecule has 2 rings (SSSR count). The summed E-state index contributed by atoms with van der Waals surface area (Å²) in [7, 11) is 3.14. The highest BCUT2D eigenvalue weighted by Gasteiger charge is 2.17. The van der Waals surface area contributed by atoms with Crippen LogP contribution in [0.25, 0.3) is 0 Å². The zero-order valence-corrected chi connectivity index (χ0v) is 16.8. The number of hydrogen-bond donors (Lipinski definition) is 1. The number of rotatable bonds is 6. The van der Waals surface area contributed by atoms with Gasteiger partial charge in [-0.25, -0.2) is 0 Å². The maximum absolute atomic E-state index is 12.4. The number of hydrogen-bond acceptors (Lipinski definition) is 4. The molecule has 134 valence electrons. The predicted octanol–water partition coefficient (Wildman–Crippen LogP) is 5.78. The van der Waals surface area contributed by atoms with E-state index < -0.39 is 0 Å². The van der Waals surface area contributed by atoms with E-state index in [0.29, 0.717) is 32.3 Å². The number of carbonyl (C=O) groups excluding carboxylic acids is 1. The SMILES string of the molecule is COc1ccc(S[C@@H](C)C(=O)Nc2cc(Cl)c(Cl)cc2Cl)cc1OC. The van der Waals surface area contributed by atoms with E-state index in [2.05, 4.69) is 5.32 Å². The van der Waals surface area contributed by atoms with Crippen LogP contribution in [0.2, 0.25) is 15.1 Å². The maximum atomic E-state index is 12.4. The molecule has 1 atom stereocenters. The van der Waals surface area contributed by atoms with Gasteiger partial charge in [-0.05, 0) is 37.3 Å². The van der Waals surface area contributed by atoms with Crippen molar-refractivity contribution in [2.24, 2.45) is 0 Å². The van der Waals surface area contributed by atoms with E-state index in [9.17, 15) is 4.79 Å². The number of amides is 1. The van der Waals surface area contributed by atoms with E-state index in [4.69, 9.17) is 44.3 Å². The van der Waals surface area contributed by atoms with E-state index in [1.165, 1.54) is 23.9 Å². The molecule has 0 aromatic heterocycles. The minimum atomic E-state index is -0.372. The Hall–Kier alpha value is -1.27. The number of nitrogens with one attached hydrogen (secondary N) is 1. The molecule has 0 unspecified atom stereocenters. The Morgan fingerprint density at radius 2 is 1.64 bits per heavy atom. The number of thioether (sulfide) groups is 1. The van der Waals surface area contributed by atoms with Crippen molar-refractivity contribution in [2.45, 2.75) is 17.1 Å². The summed E-state index contributed by atoms with van der Waals surface area (Å²) < 4.78 is 10.5. The molecule has 0 aliphatic rings. The van der Waals surface area contributed by atoms with E-state index in [0.717, 1.165) is 4.90 Å². The van der Waals surface area contributed by atoms with Crippen molar-refractivity contribution in [3.8, 4) is 11.5 Å². The van der Waals surface area contributed by atoms with Crippen LogP contribution < -0.4 is 14.8 Å². The van der Waals surface area contributed by atoms with Gasteiger partial charge in [0.05, 0.1) is 40.2 Å². The first-order valence-corrected chi connectivity index (χ1v) is 9.21. The summed E-state index contributed by atoms with van der Waals surface area (Å²) in [5, 5.41) is 3.36. The molecule has 0 aliphatic heterocycles. The molecule has 0 heterocycles. The van der Waals surface area contributed by atoms with Gasteiger partial charge >= 0.3 is 0 Å². The fraction of sp³-hybridized carbons (Fsp3) is 0.235. The molecule has 2 aromatic rings. The molecule has 0 spiro atoms. The zero-order chi connectivity index (χ0) is 18.6. The van der Waals surface area contributed by atoms with E-state index >= 15 is 0 Å². The van der Waals surface area contributed by atoms with Crippen molar-refractivity contribution in [1.29, 1.82) is 0 Å². The van der Waals surface area contributed by atoms with Crippen molar-refractivity contribution in [1.82, 2.24) is 0 Å². The highest BCUT2D eigenvalue weighted by molar-refractivity contribution is 8.00. The Labute approximate surface area is 165 Å². The molecule has 0 fully saturated rings. The Balaban J connectivity index is 2.09. The van der Waals surface area contributed by atoms with Crippen molar-refractivity contribution in [2.75, 3.05) is 19.5 Å². The number of ether oxygens (including phenoxy) is 2. The summed E-state index contributed by atoms with van der Waals surface area (Å²) in [6.45, 7) is 1.79. The van der Waals surface area contributed by atoms with Crippen LogP contribution >= 0.6 is 46.6 Å². The first-order chi connectivity index (χ1) is 11.8. The van der Waals surface area contributed by atoms with Crippen molar-refractivity contribution in [3.63, 3.8) is 0 Å². The molecule has 1 amide bonds. The number of benzene rings is 2. The first kappa shape index (κ1) is 20.0. The summed E-state index contributed by atoms with van der Waals surface area (Å²) in [6, 6.07) is 8.49. The summed E-state index contributed by atoms with van der Waals surface area (Å²) in [6.07, 6.45) is 0. The van der Waals surface area contributed by atoms with Crippen molar-refractivity contribution in [3.05, 3.63) is 45.4 Å². The second-order valence-corrected chi connectivity index (χ2v) is 7.65. The molecule has 4 nitrogen and oxygen atoms in total.